The number of thiophene rings is 1. The Morgan fingerprint density at radius 1 is 1.24 bits per heavy atom. The predicted molar refractivity (Wildman–Crippen MR) is 92.0 cm³/mol. The second kappa shape index (κ2) is 8.22. The van der Waals surface area contributed by atoms with Gasteiger partial charge in [0.1, 0.15) is 10.7 Å². The number of hydrogen-bond donors (Lipinski definition) is 1. The first kappa shape index (κ1) is 17.6. The van der Waals surface area contributed by atoms with E-state index in [9.17, 15) is 14.0 Å². The van der Waals surface area contributed by atoms with E-state index >= 15 is 0 Å². The molecule has 2 heterocycles. The summed E-state index contributed by atoms with van der Waals surface area (Å²) in [5.74, 6) is -1.21. The molecular formula is C18H18FNO4S. The van der Waals surface area contributed by atoms with Crippen LogP contribution in [0.25, 0.3) is 10.4 Å². The third-order valence-corrected chi connectivity index (χ3v) is 4.94. The van der Waals surface area contributed by atoms with Gasteiger partial charge in [0.2, 0.25) is 0 Å². The van der Waals surface area contributed by atoms with E-state index in [1.165, 1.54) is 23.5 Å². The van der Waals surface area contributed by atoms with Crippen molar-refractivity contribution in [1.29, 1.82) is 0 Å². The summed E-state index contributed by atoms with van der Waals surface area (Å²) in [6, 6.07) is 9.43. The predicted octanol–water partition coefficient (Wildman–Crippen LogP) is 3.01. The van der Waals surface area contributed by atoms with Gasteiger partial charge in [-0.15, -0.1) is 11.3 Å². The molecular weight excluding hydrogens is 345 g/mol. The topological polar surface area (TPSA) is 64.6 Å². The number of rotatable bonds is 6. The summed E-state index contributed by atoms with van der Waals surface area (Å²) in [5.41, 5.74) is 0.819. The Kier molecular flexibility index (Phi) is 5.78. The Balaban J connectivity index is 1.48. The standard InChI is InChI=1S/C18H18FNO4S/c19-13-5-3-12(4-6-13)15-7-8-16(25-15)18(22)24-11-17(21)20-10-14-2-1-9-23-14/h3-8,14H,1-2,9-11H2,(H,20,21). The fourth-order valence-corrected chi connectivity index (χ4v) is 3.41. The number of nitrogens with one attached hydrogen (secondary N) is 1. The lowest BCUT2D eigenvalue weighted by molar-refractivity contribution is -0.124. The van der Waals surface area contributed by atoms with Crippen LogP contribution >= 0.6 is 11.3 Å². The number of hydrogen-bond acceptors (Lipinski definition) is 5. The van der Waals surface area contributed by atoms with E-state index in [0.717, 1.165) is 29.9 Å². The molecule has 25 heavy (non-hydrogen) atoms. The van der Waals surface area contributed by atoms with Gasteiger partial charge in [-0.05, 0) is 42.7 Å². The van der Waals surface area contributed by atoms with Gasteiger partial charge < -0.3 is 14.8 Å². The van der Waals surface area contributed by atoms with Crippen LogP contribution in [0.4, 0.5) is 4.39 Å². The zero-order chi connectivity index (χ0) is 17.6. The number of halogens is 1. The summed E-state index contributed by atoms with van der Waals surface area (Å²) in [6.07, 6.45) is 1.99. The number of ether oxygens (including phenoxy) is 2. The van der Waals surface area contributed by atoms with E-state index < -0.39 is 5.97 Å². The number of esters is 1. The molecule has 1 aliphatic rings. The normalized spacial score (nSPS) is 16.6. The van der Waals surface area contributed by atoms with Crippen LogP contribution < -0.4 is 5.32 Å². The van der Waals surface area contributed by atoms with Crippen LogP contribution in [0, 0.1) is 5.82 Å². The van der Waals surface area contributed by atoms with Crippen molar-refractivity contribution in [3.8, 4) is 10.4 Å². The molecule has 7 heteroatoms. The van der Waals surface area contributed by atoms with Gasteiger partial charge in [0.05, 0.1) is 6.10 Å². The molecule has 1 aliphatic heterocycles. The molecule has 1 unspecified atom stereocenters. The van der Waals surface area contributed by atoms with Crippen molar-refractivity contribution < 1.29 is 23.5 Å². The molecule has 0 spiro atoms. The molecule has 3 rings (SSSR count). The summed E-state index contributed by atoms with van der Waals surface area (Å²) >= 11 is 1.24. The molecule has 0 bridgehead atoms. The quantitative estimate of drug-likeness (QED) is 0.802. The molecule has 1 amide bonds. The molecule has 1 fully saturated rings. The minimum atomic E-state index is -0.550. The molecule has 1 N–H and O–H groups in total. The highest BCUT2D eigenvalue weighted by molar-refractivity contribution is 7.17. The smallest absolute Gasteiger partial charge is 0.348 e. The Hall–Kier alpha value is -2.25. The Morgan fingerprint density at radius 3 is 2.76 bits per heavy atom. The summed E-state index contributed by atoms with van der Waals surface area (Å²) in [4.78, 5) is 25.0. The van der Waals surface area contributed by atoms with E-state index in [1.54, 1.807) is 24.3 Å². The van der Waals surface area contributed by atoms with Crippen LogP contribution in [-0.4, -0.2) is 37.7 Å². The summed E-state index contributed by atoms with van der Waals surface area (Å²) in [7, 11) is 0. The molecule has 132 valence electrons. The van der Waals surface area contributed by atoms with Crippen molar-refractivity contribution >= 4 is 23.2 Å². The van der Waals surface area contributed by atoms with Gasteiger partial charge in [0.25, 0.3) is 5.91 Å². The van der Waals surface area contributed by atoms with Crippen molar-refractivity contribution in [2.45, 2.75) is 18.9 Å². The zero-order valence-corrected chi connectivity index (χ0v) is 14.3. The third-order valence-electron chi connectivity index (χ3n) is 3.82. The number of carbonyl (C=O) groups is 2. The first-order valence-electron chi connectivity index (χ1n) is 8.03. The molecule has 0 radical (unpaired) electrons. The van der Waals surface area contributed by atoms with Crippen LogP contribution in [0.15, 0.2) is 36.4 Å². The van der Waals surface area contributed by atoms with Gasteiger partial charge in [-0.1, -0.05) is 12.1 Å². The fraction of sp³-hybridized carbons (Fsp3) is 0.333. The van der Waals surface area contributed by atoms with Crippen LogP contribution in [0.2, 0.25) is 0 Å². The number of amides is 1. The van der Waals surface area contributed by atoms with Crippen LogP contribution in [0.1, 0.15) is 22.5 Å². The lowest BCUT2D eigenvalue weighted by Crippen LogP contribution is -2.34. The molecule has 5 nitrogen and oxygen atoms in total. The van der Waals surface area contributed by atoms with Gasteiger partial charge in [-0.25, -0.2) is 9.18 Å². The van der Waals surface area contributed by atoms with Gasteiger partial charge >= 0.3 is 5.97 Å². The van der Waals surface area contributed by atoms with E-state index in [-0.39, 0.29) is 24.4 Å². The average molecular weight is 363 g/mol. The minimum absolute atomic E-state index is 0.0511. The molecule has 0 aliphatic carbocycles. The van der Waals surface area contributed by atoms with Crippen molar-refractivity contribution in [3.63, 3.8) is 0 Å². The van der Waals surface area contributed by atoms with Crippen LogP contribution in [0.5, 0.6) is 0 Å². The van der Waals surface area contributed by atoms with Crippen molar-refractivity contribution in [2.24, 2.45) is 0 Å². The highest BCUT2D eigenvalue weighted by Gasteiger charge is 2.17. The Labute approximate surface area is 148 Å². The molecule has 1 aromatic carbocycles. The van der Waals surface area contributed by atoms with Crippen LogP contribution in [-0.2, 0) is 14.3 Å². The zero-order valence-electron chi connectivity index (χ0n) is 13.5. The molecule has 0 saturated carbocycles. The lowest BCUT2D eigenvalue weighted by Gasteiger charge is -2.10. The van der Waals surface area contributed by atoms with Crippen LogP contribution in [0.3, 0.4) is 0 Å². The van der Waals surface area contributed by atoms with Gasteiger partial charge in [0.15, 0.2) is 6.61 Å². The van der Waals surface area contributed by atoms with Gasteiger partial charge in [-0.2, -0.15) is 0 Å². The van der Waals surface area contributed by atoms with Gasteiger partial charge in [-0.3, -0.25) is 4.79 Å². The maximum absolute atomic E-state index is 13.0. The molecule has 1 atom stereocenters. The lowest BCUT2D eigenvalue weighted by atomic mass is 10.2. The van der Waals surface area contributed by atoms with E-state index in [4.69, 9.17) is 9.47 Å². The maximum Gasteiger partial charge on any atom is 0.348 e. The first-order valence-corrected chi connectivity index (χ1v) is 8.84. The Morgan fingerprint density at radius 2 is 2.04 bits per heavy atom. The Bertz CT molecular complexity index is 738. The largest absolute Gasteiger partial charge is 0.451 e. The monoisotopic (exact) mass is 363 g/mol. The van der Waals surface area contributed by atoms with E-state index in [0.29, 0.717) is 11.4 Å². The van der Waals surface area contributed by atoms with Crippen molar-refractivity contribution in [2.75, 3.05) is 19.8 Å². The summed E-state index contributed by atoms with van der Waals surface area (Å²) in [6.45, 7) is 0.837. The molecule has 2 aromatic rings. The van der Waals surface area contributed by atoms with Crippen molar-refractivity contribution in [1.82, 2.24) is 5.32 Å². The second-order valence-corrected chi connectivity index (χ2v) is 6.77. The number of benzene rings is 1. The molecule has 1 saturated heterocycles. The first-order chi connectivity index (χ1) is 12.1. The van der Waals surface area contributed by atoms with Crippen molar-refractivity contribution in [3.05, 3.63) is 47.1 Å². The fourth-order valence-electron chi connectivity index (χ4n) is 2.50. The third kappa shape index (κ3) is 4.87. The SMILES string of the molecule is O=C(COC(=O)c1ccc(-c2ccc(F)cc2)s1)NCC1CCCO1. The minimum Gasteiger partial charge on any atom is -0.451 e. The molecule has 1 aromatic heterocycles. The average Bonchev–Trinajstić information content (AvgIpc) is 3.30. The second-order valence-electron chi connectivity index (χ2n) is 5.69. The summed E-state index contributed by atoms with van der Waals surface area (Å²) in [5, 5.41) is 2.69. The number of carbonyl (C=O) groups excluding carboxylic acids is 2. The highest BCUT2D eigenvalue weighted by atomic mass is 32.1. The van der Waals surface area contributed by atoms with E-state index in [2.05, 4.69) is 5.32 Å². The van der Waals surface area contributed by atoms with E-state index in [1.807, 2.05) is 0 Å². The maximum atomic E-state index is 13.0. The highest BCUT2D eigenvalue weighted by Crippen LogP contribution is 2.28. The summed E-state index contributed by atoms with van der Waals surface area (Å²) < 4.78 is 23.4. The van der Waals surface area contributed by atoms with Gasteiger partial charge in [0, 0.05) is 18.0 Å².